The van der Waals surface area contributed by atoms with Crippen LogP contribution in [0.5, 0.6) is 0 Å². The third kappa shape index (κ3) is 2.81. The summed E-state index contributed by atoms with van der Waals surface area (Å²) in [7, 11) is 1.61. The molecule has 1 saturated carbocycles. The van der Waals surface area contributed by atoms with E-state index in [0.29, 0.717) is 19.3 Å². The summed E-state index contributed by atoms with van der Waals surface area (Å²) in [5, 5.41) is 7.26. The van der Waals surface area contributed by atoms with E-state index in [-0.39, 0.29) is 18.2 Å². The molecule has 0 spiro atoms. The van der Waals surface area contributed by atoms with Crippen LogP contribution in [0.1, 0.15) is 19.3 Å². The number of hydrogen-bond acceptors (Lipinski definition) is 3. The van der Waals surface area contributed by atoms with Crippen molar-refractivity contribution in [3.63, 3.8) is 0 Å². The SMILES string of the molecule is COC1CC(N=[N+]=[N-])CC(N=[N+]=[N-])C1. The van der Waals surface area contributed by atoms with Crippen molar-refractivity contribution in [3.05, 3.63) is 20.9 Å². The molecule has 1 fully saturated rings. The molecule has 0 aliphatic heterocycles. The highest BCUT2D eigenvalue weighted by molar-refractivity contribution is 4.87. The number of rotatable bonds is 3. The first-order chi connectivity index (χ1) is 6.80. The van der Waals surface area contributed by atoms with Crippen LogP contribution >= 0.6 is 0 Å². The predicted octanol–water partition coefficient (Wildman–Crippen LogP) is 2.54. The largest absolute Gasteiger partial charge is 0.381 e. The number of nitrogens with zero attached hydrogens (tertiary/aromatic N) is 6. The summed E-state index contributed by atoms with van der Waals surface area (Å²) in [6.45, 7) is 0. The molecule has 1 aliphatic carbocycles. The van der Waals surface area contributed by atoms with Gasteiger partial charge in [-0.2, -0.15) is 0 Å². The van der Waals surface area contributed by atoms with E-state index in [1.54, 1.807) is 7.11 Å². The first-order valence-corrected chi connectivity index (χ1v) is 4.41. The number of azide groups is 2. The Labute approximate surface area is 81.3 Å². The van der Waals surface area contributed by atoms with Crippen molar-refractivity contribution in [2.45, 2.75) is 37.5 Å². The van der Waals surface area contributed by atoms with Gasteiger partial charge in [0.05, 0.1) is 6.10 Å². The van der Waals surface area contributed by atoms with Gasteiger partial charge in [0.1, 0.15) is 0 Å². The smallest absolute Gasteiger partial charge is 0.0579 e. The summed E-state index contributed by atoms with van der Waals surface area (Å²) >= 11 is 0. The molecule has 7 nitrogen and oxygen atoms in total. The molecule has 0 aromatic carbocycles. The Morgan fingerprint density at radius 3 is 1.93 bits per heavy atom. The van der Waals surface area contributed by atoms with Crippen LogP contribution < -0.4 is 0 Å². The highest BCUT2D eigenvalue weighted by Crippen LogP contribution is 2.25. The molecule has 7 heteroatoms. The van der Waals surface area contributed by atoms with Crippen LogP contribution in [0.15, 0.2) is 10.2 Å². The van der Waals surface area contributed by atoms with Crippen LogP contribution in [-0.4, -0.2) is 25.3 Å². The third-order valence-electron chi connectivity index (χ3n) is 2.38. The quantitative estimate of drug-likeness (QED) is 0.386. The van der Waals surface area contributed by atoms with Gasteiger partial charge in [-0.05, 0) is 30.3 Å². The zero-order valence-corrected chi connectivity index (χ0v) is 7.94. The molecule has 0 N–H and O–H groups in total. The number of methoxy groups -OCH3 is 1. The van der Waals surface area contributed by atoms with Gasteiger partial charge in [-0.15, -0.1) is 0 Å². The van der Waals surface area contributed by atoms with Crippen molar-refractivity contribution in [2.75, 3.05) is 7.11 Å². The normalized spacial score (nSPS) is 31.4. The van der Waals surface area contributed by atoms with Crippen LogP contribution in [-0.2, 0) is 4.74 Å². The summed E-state index contributed by atoms with van der Waals surface area (Å²) in [5.74, 6) is 0. The lowest BCUT2D eigenvalue weighted by molar-refractivity contribution is 0.0577. The Morgan fingerprint density at radius 2 is 1.57 bits per heavy atom. The summed E-state index contributed by atoms with van der Waals surface area (Å²) in [4.78, 5) is 5.51. The van der Waals surface area contributed by atoms with E-state index in [1.807, 2.05) is 0 Å². The summed E-state index contributed by atoms with van der Waals surface area (Å²) < 4.78 is 5.18. The van der Waals surface area contributed by atoms with Gasteiger partial charge >= 0.3 is 0 Å². The van der Waals surface area contributed by atoms with E-state index in [4.69, 9.17) is 15.8 Å². The van der Waals surface area contributed by atoms with Crippen LogP contribution in [0.25, 0.3) is 20.9 Å². The molecule has 0 radical (unpaired) electrons. The second kappa shape index (κ2) is 5.34. The van der Waals surface area contributed by atoms with Gasteiger partial charge in [0.2, 0.25) is 0 Å². The standard InChI is InChI=1S/C7H12N6O/c1-14-7-3-5(10-12-8)2-6(4-7)11-13-9/h5-7H,2-4H2,1H3. The van der Waals surface area contributed by atoms with E-state index in [9.17, 15) is 0 Å². The Kier molecular flexibility index (Phi) is 4.07. The molecule has 2 atom stereocenters. The predicted molar refractivity (Wildman–Crippen MR) is 50.5 cm³/mol. The van der Waals surface area contributed by atoms with Crippen LogP contribution in [0.2, 0.25) is 0 Å². The maximum absolute atomic E-state index is 8.31. The minimum Gasteiger partial charge on any atom is -0.381 e. The van der Waals surface area contributed by atoms with Gasteiger partial charge in [-0.3, -0.25) is 0 Å². The molecule has 2 unspecified atom stereocenters. The van der Waals surface area contributed by atoms with Crippen molar-refractivity contribution < 1.29 is 4.74 Å². The molecule has 76 valence electrons. The maximum atomic E-state index is 8.31. The van der Waals surface area contributed by atoms with Gasteiger partial charge in [-0.1, -0.05) is 10.2 Å². The second-order valence-electron chi connectivity index (χ2n) is 3.28. The molecule has 1 aliphatic rings. The fraction of sp³-hybridized carbons (Fsp3) is 1.00. The van der Waals surface area contributed by atoms with Gasteiger partial charge in [0.25, 0.3) is 0 Å². The topological polar surface area (TPSA) is 107 Å². The Morgan fingerprint density at radius 1 is 1.07 bits per heavy atom. The molecule has 0 saturated heterocycles. The highest BCUT2D eigenvalue weighted by atomic mass is 16.5. The molecule has 1 rings (SSSR count). The number of ether oxygens (including phenoxy) is 1. The van der Waals surface area contributed by atoms with Crippen molar-refractivity contribution in [2.24, 2.45) is 10.2 Å². The van der Waals surface area contributed by atoms with Crippen molar-refractivity contribution >= 4 is 0 Å². The van der Waals surface area contributed by atoms with Crippen molar-refractivity contribution in [3.8, 4) is 0 Å². The fourth-order valence-corrected chi connectivity index (χ4v) is 1.74. The molecule has 0 bridgehead atoms. The Balaban J connectivity index is 2.64. The first-order valence-electron chi connectivity index (χ1n) is 4.41. The van der Waals surface area contributed by atoms with E-state index < -0.39 is 0 Å². The molecule has 0 aromatic heterocycles. The molecular formula is C7H12N6O. The number of hydrogen-bond donors (Lipinski definition) is 0. The molecule has 0 aromatic rings. The summed E-state index contributed by atoms with van der Waals surface area (Å²) in [5.41, 5.74) is 16.6. The maximum Gasteiger partial charge on any atom is 0.0579 e. The lowest BCUT2D eigenvalue weighted by Crippen LogP contribution is -2.31. The van der Waals surface area contributed by atoms with Crippen LogP contribution in [0, 0.1) is 0 Å². The average Bonchev–Trinajstić information content (AvgIpc) is 2.18. The van der Waals surface area contributed by atoms with Gasteiger partial charge in [0, 0.05) is 29.0 Å². The summed E-state index contributed by atoms with van der Waals surface area (Å²) in [6.07, 6.45) is 2.05. The first kappa shape index (κ1) is 10.7. The zero-order valence-electron chi connectivity index (χ0n) is 7.94. The van der Waals surface area contributed by atoms with Gasteiger partial charge < -0.3 is 4.74 Å². The zero-order chi connectivity index (χ0) is 10.4. The third-order valence-corrected chi connectivity index (χ3v) is 2.38. The summed E-state index contributed by atoms with van der Waals surface area (Å²) in [6, 6.07) is -0.233. The second-order valence-corrected chi connectivity index (χ2v) is 3.28. The van der Waals surface area contributed by atoms with Crippen molar-refractivity contribution in [1.29, 1.82) is 0 Å². The van der Waals surface area contributed by atoms with Gasteiger partial charge in [0.15, 0.2) is 0 Å². The Hall–Kier alpha value is -1.42. The minimum absolute atomic E-state index is 0.0229. The molecule has 14 heavy (non-hydrogen) atoms. The lowest BCUT2D eigenvalue weighted by Gasteiger charge is -2.29. The van der Waals surface area contributed by atoms with Crippen LogP contribution in [0.4, 0.5) is 0 Å². The van der Waals surface area contributed by atoms with Gasteiger partial charge in [-0.25, -0.2) is 0 Å². The average molecular weight is 196 g/mol. The Bertz CT molecular complexity index is 254. The fourth-order valence-electron chi connectivity index (χ4n) is 1.74. The molecule has 0 amide bonds. The molecule has 0 heterocycles. The lowest BCUT2D eigenvalue weighted by atomic mass is 9.90. The van der Waals surface area contributed by atoms with E-state index in [0.717, 1.165) is 0 Å². The monoisotopic (exact) mass is 196 g/mol. The minimum atomic E-state index is -0.116. The molecular weight excluding hydrogens is 184 g/mol. The van der Waals surface area contributed by atoms with Crippen molar-refractivity contribution in [1.82, 2.24) is 0 Å². The highest BCUT2D eigenvalue weighted by Gasteiger charge is 2.27. The van der Waals surface area contributed by atoms with E-state index in [2.05, 4.69) is 20.1 Å². The van der Waals surface area contributed by atoms with E-state index >= 15 is 0 Å². The van der Waals surface area contributed by atoms with Crippen LogP contribution in [0.3, 0.4) is 0 Å². The van der Waals surface area contributed by atoms with E-state index in [1.165, 1.54) is 0 Å².